The Labute approximate surface area is 104 Å². The van der Waals surface area contributed by atoms with E-state index in [-0.39, 0.29) is 16.5 Å². The van der Waals surface area contributed by atoms with Crippen LogP contribution in [0.5, 0.6) is 0 Å². The SMILES string of the molecule is N[C@@H](CSSc1ncccc1[N+](=O)[O-])C(=O)O. The third-order valence-corrected chi connectivity index (χ3v) is 3.97. The van der Waals surface area contributed by atoms with Crippen LogP contribution in [0.15, 0.2) is 23.4 Å². The first kappa shape index (κ1) is 13.7. The van der Waals surface area contributed by atoms with Gasteiger partial charge in [-0.05, 0) is 16.9 Å². The van der Waals surface area contributed by atoms with Gasteiger partial charge in [-0.1, -0.05) is 10.8 Å². The second-order valence-corrected chi connectivity index (χ2v) is 5.23. The molecule has 9 heteroatoms. The van der Waals surface area contributed by atoms with Crippen LogP contribution < -0.4 is 5.73 Å². The summed E-state index contributed by atoms with van der Waals surface area (Å²) in [6.07, 6.45) is 1.44. The van der Waals surface area contributed by atoms with Crippen molar-refractivity contribution in [1.82, 2.24) is 4.98 Å². The number of nitrogens with zero attached hydrogens (tertiary/aromatic N) is 2. The zero-order chi connectivity index (χ0) is 12.8. The summed E-state index contributed by atoms with van der Waals surface area (Å²) in [6.45, 7) is 0. The molecule has 0 aromatic carbocycles. The minimum absolute atomic E-state index is 0.103. The first-order valence-electron chi connectivity index (χ1n) is 4.39. The Bertz CT molecular complexity index is 429. The topological polar surface area (TPSA) is 119 Å². The number of carboxylic acids is 1. The largest absolute Gasteiger partial charge is 0.480 e. The fourth-order valence-electron chi connectivity index (χ4n) is 0.820. The maximum absolute atomic E-state index is 10.7. The summed E-state index contributed by atoms with van der Waals surface area (Å²) in [4.78, 5) is 24.4. The third kappa shape index (κ3) is 4.21. The van der Waals surface area contributed by atoms with E-state index in [9.17, 15) is 14.9 Å². The van der Waals surface area contributed by atoms with Gasteiger partial charge >= 0.3 is 11.7 Å². The summed E-state index contributed by atoms with van der Waals surface area (Å²) >= 11 is 0. The Kier molecular flexibility index (Phi) is 5.19. The van der Waals surface area contributed by atoms with Crippen LogP contribution in [0.4, 0.5) is 5.69 Å². The van der Waals surface area contributed by atoms with Crippen LogP contribution in [0.3, 0.4) is 0 Å². The fourth-order valence-corrected chi connectivity index (χ4v) is 2.98. The highest BCUT2D eigenvalue weighted by Crippen LogP contribution is 2.35. The van der Waals surface area contributed by atoms with E-state index < -0.39 is 16.9 Å². The normalized spacial score (nSPS) is 12.1. The summed E-state index contributed by atoms with van der Waals surface area (Å²) in [5.74, 6) is -0.957. The number of nitrogens with two attached hydrogens (primary N) is 1. The van der Waals surface area contributed by atoms with Gasteiger partial charge in [-0.15, -0.1) is 0 Å². The number of aliphatic carboxylic acids is 1. The number of pyridine rings is 1. The van der Waals surface area contributed by atoms with Gasteiger partial charge in [-0.2, -0.15) is 0 Å². The molecule has 0 saturated heterocycles. The van der Waals surface area contributed by atoms with Crippen molar-refractivity contribution < 1.29 is 14.8 Å². The van der Waals surface area contributed by atoms with E-state index in [4.69, 9.17) is 10.8 Å². The van der Waals surface area contributed by atoms with Gasteiger partial charge in [0.15, 0.2) is 5.03 Å². The summed E-state index contributed by atoms with van der Waals surface area (Å²) in [5, 5.41) is 19.4. The molecule has 0 unspecified atom stereocenters. The monoisotopic (exact) mass is 275 g/mol. The lowest BCUT2D eigenvalue weighted by Crippen LogP contribution is -2.32. The lowest BCUT2D eigenvalue weighted by molar-refractivity contribution is -0.388. The number of nitro groups is 1. The smallest absolute Gasteiger partial charge is 0.321 e. The molecule has 1 atom stereocenters. The molecule has 0 amide bonds. The Hall–Kier alpha value is -1.32. The highest BCUT2D eigenvalue weighted by atomic mass is 33.1. The van der Waals surface area contributed by atoms with E-state index in [0.717, 1.165) is 21.6 Å². The van der Waals surface area contributed by atoms with Crippen LogP contribution in [-0.4, -0.2) is 32.8 Å². The number of aromatic nitrogens is 1. The minimum Gasteiger partial charge on any atom is -0.480 e. The van der Waals surface area contributed by atoms with Crippen molar-refractivity contribution in [3.8, 4) is 0 Å². The molecular formula is C8H9N3O4S2. The van der Waals surface area contributed by atoms with E-state index in [1.54, 1.807) is 0 Å². The maximum Gasteiger partial charge on any atom is 0.321 e. The molecule has 0 spiro atoms. The summed E-state index contributed by atoms with van der Waals surface area (Å²) in [7, 11) is 2.16. The highest BCUT2D eigenvalue weighted by molar-refractivity contribution is 8.76. The quantitative estimate of drug-likeness (QED) is 0.450. The molecule has 0 fully saturated rings. The molecule has 0 bridgehead atoms. The van der Waals surface area contributed by atoms with Gasteiger partial charge in [-0.3, -0.25) is 14.9 Å². The molecule has 3 N–H and O–H groups in total. The maximum atomic E-state index is 10.7. The summed E-state index contributed by atoms with van der Waals surface area (Å²) < 4.78 is 0. The lowest BCUT2D eigenvalue weighted by Gasteiger charge is -2.04. The van der Waals surface area contributed by atoms with Gasteiger partial charge in [0, 0.05) is 18.0 Å². The van der Waals surface area contributed by atoms with Crippen molar-refractivity contribution in [2.24, 2.45) is 5.73 Å². The van der Waals surface area contributed by atoms with Gasteiger partial charge in [0.25, 0.3) is 0 Å². The average molecular weight is 275 g/mol. The van der Waals surface area contributed by atoms with E-state index in [0.29, 0.717) is 0 Å². The van der Waals surface area contributed by atoms with Crippen LogP contribution in [0.1, 0.15) is 0 Å². The molecule has 7 nitrogen and oxygen atoms in total. The third-order valence-electron chi connectivity index (χ3n) is 1.65. The van der Waals surface area contributed by atoms with E-state index in [1.165, 1.54) is 18.3 Å². The molecule has 0 saturated carbocycles. The van der Waals surface area contributed by atoms with Crippen molar-refractivity contribution in [3.63, 3.8) is 0 Å². The molecule has 1 heterocycles. The first-order chi connectivity index (χ1) is 8.02. The summed E-state index contributed by atoms with van der Waals surface area (Å²) in [6, 6.07) is 1.82. The first-order valence-corrected chi connectivity index (χ1v) is 6.71. The van der Waals surface area contributed by atoms with Gasteiger partial charge in [0.05, 0.1) is 4.92 Å². The highest BCUT2D eigenvalue weighted by Gasteiger charge is 2.17. The molecule has 0 aliphatic carbocycles. The molecule has 0 radical (unpaired) electrons. The number of hydrogen-bond donors (Lipinski definition) is 2. The molecular weight excluding hydrogens is 266 g/mol. The van der Waals surface area contributed by atoms with Gasteiger partial charge < -0.3 is 10.8 Å². The average Bonchev–Trinajstić information content (AvgIpc) is 2.29. The number of hydrogen-bond acceptors (Lipinski definition) is 7. The fraction of sp³-hybridized carbons (Fsp3) is 0.250. The predicted molar refractivity (Wildman–Crippen MR) is 64.8 cm³/mol. The van der Waals surface area contributed by atoms with E-state index >= 15 is 0 Å². The Morgan fingerprint density at radius 1 is 1.71 bits per heavy atom. The zero-order valence-electron chi connectivity index (χ0n) is 8.48. The summed E-state index contributed by atoms with van der Waals surface area (Å²) in [5.41, 5.74) is 5.19. The van der Waals surface area contributed by atoms with Gasteiger partial charge in [-0.25, -0.2) is 4.98 Å². The lowest BCUT2D eigenvalue weighted by atomic mass is 10.4. The standard InChI is InChI=1S/C8H9N3O4S2/c9-5(8(12)13)4-16-17-7-6(11(14)15)2-1-3-10-7/h1-3,5H,4,9H2,(H,12,13)/t5-/m0/s1. The number of carboxylic acid groups (broad SMARTS) is 1. The second kappa shape index (κ2) is 6.42. The second-order valence-electron chi connectivity index (χ2n) is 2.90. The van der Waals surface area contributed by atoms with Gasteiger partial charge in [0.1, 0.15) is 6.04 Å². The number of carbonyl (C=O) groups is 1. The molecule has 1 aromatic heterocycles. The molecule has 1 aromatic rings. The molecule has 1 rings (SSSR count). The molecule has 92 valence electrons. The predicted octanol–water partition coefficient (Wildman–Crippen LogP) is 1.14. The van der Waals surface area contributed by atoms with Crippen LogP contribution in [0.2, 0.25) is 0 Å². The van der Waals surface area contributed by atoms with Crippen molar-refractivity contribution in [2.45, 2.75) is 11.1 Å². The molecule has 0 aliphatic heterocycles. The van der Waals surface area contributed by atoms with Crippen molar-refractivity contribution >= 4 is 33.2 Å². The minimum atomic E-state index is -1.10. The van der Waals surface area contributed by atoms with Crippen LogP contribution in [0, 0.1) is 10.1 Å². The Morgan fingerprint density at radius 2 is 2.41 bits per heavy atom. The van der Waals surface area contributed by atoms with Crippen LogP contribution in [0.25, 0.3) is 0 Å². The zero-order valence-corrected chi connectivity index (χ0v) is 10.1. The molecule has 17 heavy (non-hydrogen) atoms. The molecule has 0 aliphatic rings. The Morgan fingerprint density at radius 3 is 3.00 bits per heavy atom. The van der Waals surface area contributed by atoms with E-state index in [2.05, 4.69) is 4.98 Å². The van der Waals surface area contributed by atoms with Crippen molar-refractivity contribution in [2.75, 3.05) is 5.75 Å². The van der Waals surface area contributed by atoms with Crippen molar-refractivity contribution in [1.29, 1.82) is 0 Å². The van der Waals surface area contributed by atoms with Crippen LogP contribution in [-0.2, 0) is 4.79 Å². The van der Waals surface area contributed by atoms with Gasteiger partial charge in [0.2, 0.25) is 0 Å². The number of rotatable bonds is 6. The van der Waals surface area contributed by atoms with E-state index in [1.807, 2.05) is 0 Å². The van der Waals surface area contributed by atoms with Crippen LogP contribution >= 0.6 is 21.6 Å². The Balaban J connectivity index is 2.58. The van der Waals surface area contributed by atoms with Crippen molar-refractivity contribution in [3.05, 3.63) is 28.4 Å².